The molecule has 1 aromatic carbocycles. The number of aliphatic hydroxyl groups excluding tert-OH is 1. The van der Waals surface area contributed by atoms with Crippen molar-refractivity contribution in [2.24, 2.45) is 0 Å². The van der Waals surface area contributed by atoms with Crippen LogP contribution < -0.4 is 15.6 Å². The van der Waals surface area contributed by atoms with Gasteiger partial charge in [-0.15, -0.1) is 0 Å². The standard InChI is InChI=1S/C33H51N7O7S/c1-22(2)40-30-9-7-6-8-23(30)16-29(32(40)43)31(42)34-25-17-26-10-11-27(18-25)39(26)21-28(41)20-38(33(44)47-5)15-14-37-13-12-24(19-37)35-48(45,46)36(3)4/h6-9,16,22,24-28,35,41H,10-15,17-21H2,1-5H3,(H,34,42)/t24?,25-,26-,27+,28?. The van der Waals surface area contributed by atoms with Crippen LogP contribution in [0.3, 0.4) is 0 Å². The minimum Gasteiger partial charge on any atom is -0.453 e. The molecule has 266 valence electrons. The molecule has 5 atom stereocenters. The fourth-order valence-electron chi connectivity index (χ4n) is 7.57. The molecule has 0 spiro atoms. The number of para-hydroxylation sites is 1. The van der Waals surface area contributed by atoms with Gasteiger partial charge in [-0.05, 0) is 70.0 Å². The van der Waals surface area contributed by atoms with Crippen LogP contribution in [0.5, 0.6) is 0 Å². The van der Waals surface area contributed by atoms with E-state index in [9.17, 15) is 27.9 Å². The molecule has 0 aliphatic carbocycles. The molecule has 3 aliphatic heterocycles. The summed E-state index contributed by atoms with van der Waals surface area (Å²) in [5.41, 5.74) is 0.660. The number of ether oxygens (including phenoxy) is 1. The summed E-state index contributed by atoms with van der Waals surface area (Å²) in [6.07, 6.45) is 2.69. The monoisotopic (exact) mass is 689 g/mol. The molecule has 14 nitrogen and oxygen atoms in total. The Hall–Kier alpha value is -3.08. The van der Waals surface area contributed by atoms with Crippen LogP contribution in [-0.4, -0.2) is 140 Å². The fourth-order valence-corrected chi connectivity index (χ4v) is 8.39. The fraction of sp³-hybridized carbons (Fsp3) is 0.667. The van der Waals surface area contributed by atoms with E-state index in [0.29, 0.717) is 39.1 Å². The van der Waals surface area contributed by atoms with Crippen LogP contribution in [0.25, 0.3) is 10.9 Å². The average Bonchev–Trinajstić information content (AvgIpc) is 3.56. The molecule has 5 rings (SSSR count). The van der Waals surface area contributed by atoms with Gasteiger partial charge in [0.2, 0.25) is 0 Å². The number of aromatic nitrogens is 1. The summed E-state index contributed by atoms with van der Waals surface area (Å²) in [7, 11) is 0.765. The van der Waals surface area contributed by atoms with Crippen molar-refractivity contribution < 1.29 is 27.9 Å². The van der Waals surface area contributed by atoms with Crippen molar-refractivity contribution in [1.29, 1.82) is 0 Å². The van der Waals surface area contributed by atoms with E-state index >= 15 is 0 Å². The molecule has 48 heavy (non-hydrogen) atoms. The molecule has 15 heteroatoms. The number of carbonyl (C=O) groups is 2. The Labute approximate surface area is 283 Å². The van der Waals surface area contributed by atoms with Gasteiger partial charge in [-0.2, -0.15) is 17.4 Å². The molecular weight excluding hydrogens is 638 g/mol. The number of benzene rings is 1. The number of nitrogens with one attached hydrogen (secondary N) is 2. The Balaban J connectivity index is 1.14. The van der Waals surface area contributed by atoms with Gasteiger partial charge in [0.25, 0.3) is 21.7 Å². The maximum atomic E-state index is 13.5. The minimum atomic E-state index is -3.52. The zero-order valence-corrected chi connectivity index (χ0v) is 29.5. The minimum absolute atomic E-state index is 0.0835. The number of rotatable bonds is 13. The summed E-state index contributed by atoms with van der Waals surface area (Å²) in [5.74, 6) is -0.355. The van der Waals surface area contributed by atoms with Gasteiger partial charge in [0, 0.05) is 70.5 Å². The SMILES string of the molecule is COC(=O)N(CCN1CCC(NS(=O)(=O)N(C)C)C1)CC(O)CN1[C@@H]2CC[C@H]1C[C@H](NC(=O)c1cc3ccccc3n(C(C)C)c1=O)C2. The first-order valence-electron chi connectivity index (χ1n) is 16.9. The van der Waals surface area contributed by atoms with Crippen LogP contribution in [0, 0.1) is 0 Å². The predicted molar refractivity (Wildman–Crippen MR) is 183 cm³/mol. The zero-order chi connectivity index (χ0) is 34.7. The highest BCUT2D eigenvalue weighted by molar-refractivity contribution is 7.87. The first-order chi connectivity index (χ1) is 22.8. The van der Waals surface area contributed by atoms with Gasteiger partial charge in [0.15, 0.2) is 0 Å². The Morgan fingerprint density at radius 2 is 1.77 bits per heavy atom. The lowest BCUT2D eigenvalue weighted by molar-refractivity contribution is 0.0302. The molecule has 0 saturated carbocycles. The molecule has 0 radical (unpaired) electrons. The largest absolute Gasteiger partial charge is 0.453 e. The number of pyridine rings is 1. The number of carbonyl (C=O) groups excluding carboxylic acids is 2. The van der Waals surface area contributed by atoms with Crippen LogP contribution in [0.15, 0.2) is 35.1 Å². The predicted octanol–water partition coefficient (Wildman–Crippen LogP) is 1.21. The topological polar surface area (TPSA) is 157 Å². The molecule has 2 aromatic rings. The second-order valence-electron chi connectivity index (χ2n) is 13.9. The maximum absolute atomic E-state index is 13.5. The summed E-state index contributed by atoms with van der Waals surface area (Å²) < 4.78 is 34.9. The van der Waals surface area contributed by atoms with Crippen LogP contribution in [0.2, 0.25) is 0 Å². The van der Waals surface area contributed by atoms with E-state index in [1.807, 2.05) is 38.1 Å². The van der Waals surface area contributed by atoms with Gasteiger partial charge in [0.05, 0.1) is 25.3 Å². The van der Waals surface area contributed by atoms with E-state index in [2.05, 4.69) is 19.8 Å². The van der Waals surface area contributed by atoms with E-state index < -0.39 is 22.4 Å². The van der Waals surface area contributed by atoms with E-state index in [0.717, 1.165) is 40.9 Å². The normalized spacial score (nSPS) is 24.0. The third kappa shape index (κ3) is 8.20. The van der Waals surface area contributed by atoms with Gasteiger partial charge >= 0.3 is 6.09 Å². The van der Waals surface area contributed by atoms with Crippen LogP contribution in [0.4, 0.5) is 4.79 Å². The average molecular weight is 690 g/mol. The van der Waals surface area contributed by atoms with Crippen molar-refractivity contribution in [3.63, 3.8) is 0 Å². The summed E-state index contributed by atoms with van der Waals surface area (Å²) in [4.78, 5) is 45.4. The lowest BCUT2D eigenvalue weighted by atomic mass is 9.96. The number of nitrogens with zero attached hydrogens (tertiary/aromatic N) is 5. The number of aliphatic hydroxyl groups is 1. The molecular formula is C33H51N7O7S. The summed E-state index contributed by atoms with van der Waals surface area (Å²) in [6.45, 7) is 6.47. The van der Waals surface area contributed by atoms with Gasteiger partial charge in [-0.25, -0.2) is 4.79 Å². The Bertz CT molecular complexity index is 1620. The third-order valence-corrected chi connectivity index (χ3v) is 11.6. The number of likely N-dealkylation sites (tertiary alicyclic amines) is 1. The number of methoxy groups -OCH3 is 1. The van der Waals surface area contributed by atoms with Gasteiger partial charge in [-0.3, -0.25) is 19.4 Å². The van der Waals surface area contributed by atoms with Crippen molar-refractivity contribution in [2.45, 2.75) is 82.3 Å². The molecule has 3 aliphatic rings. The first kappa shape index (κ1) is 36.2. The highest BCUT2D eigenvalue weighted by Gasteiger charge is 2.42. The van der Waals surface area contributed by atoms with Gasteiger partial charge < -0.3 is 24.6 Å². The number of hydrogen-bond donors (Lipinski definition) is 3. The van der Waals surface area contributed by atoms with Crippen LogP contribution in [0.1, 0.15) is 62.4 Å². The summed E-state index contributed by atoms with van der Waals surface area (Å²) in [5, 5.41) is 15.1. The lowest BCUT2D eigenvalue weighted by Crippen LogP contribution is -2.54. The molecule has 3 saturated heterocycles. The quantitative estimate of drug-likeness (QED) is 0.281. The van der Waals surface area contributed by atoms with E-state index in [-0.39, 0.29) is 53.8 Å². The Kier molecular flexibility index (Phi) is 11.5. The van der Waals surface area contributed by atoms with Crippen molar-refractivity contribution >= 4 is 33.1 Å². The lowest BCUT2D eigenvalue weighted by Gasteiger charge is -2.40. The van der Waals surface area contributed by atoms with Crippen molar-refractivity contribution in [2.75, 3.05) is 60.5 Å². The number of fused-ring (bicyclic) bond motifs is 3. The summed E-state index contributed by atoms with van der Waals surface area (Å²) >= 11 is 0. The Morgan fingerprint density at radius 3 is 2.42 bits per heavy atom. The highest BCUT2D eigenvalue weighted by atomic mass is 32.2. The molecule has 2 unspecified atom stereocenters. The number of piperidine rings is 1. The zero-order valence-electron chi connectivity index (χ0n) is 28.7. The highest BCUT2D eigenvalue weighted by Crippen LogP contribution is 2.36. The van der Waals surface area contributed by atoms with E-state index in [1.165, 1.54) is 26.1 Å². The van der Waals surface area contributed by atoms with Crippen LogP contribution >= 0.6 is 0 Å². The van der Waals surface area contributed by atoms with Crippen molar-refractivity contribution in [3.05, 3.63) is 46.2 Å². The molecule has 2 bridgehead atoms. The second kappa shape index (κ2) is 15.2. The van der Waals surface area contributed by atoms with Crippen LogP contribution in [-0.2, 0) is 14.9 Å². The number of amides is 2. The van der Waals surface area contributed by atoms with E-state index in [1.54, 1.807) is 10.6 Å². The maximum Gasteiger partial charge on any atom is 0.409 e. The molecule has 2 amide bonds. The molecule has 3 fully saturated rings. The van der Waals surface area contributed by atoms with Gasteiger partial charge in [0.1, 0.15) is 5.56 Å². The second-order valence-corrected chi connectivity index (χ2v) is 15.8. The van der Waals surface area contributed by atoms with Crippen molar-refractivity contribution in [3.8, 4) is 0 Å². The van der Waals surface area contributed by atoms with Crippen molar-refractivity contribution in [1.82, 2.24) is 33.6 Å². The first-order valence-corrected chi connectivity index (χ1v) is 18.3. The smallest absolute Gasteiger partial charge is 0.409 e. The molecule has 1 aromatic heterocycles. The van der Waals surface area contributed by atoms with Gasteiger partial charge in [-0.1, -0.05) is 18.2 Å². The molecule has 3 N–H and O–H groups in total. The molecule has 4 heterocycles. The number of hydrogen-bond acceptors (Lipinski definition) is 9. The third-order valence-electron chi connectivity index (χ3n) is 9.97. The summed E-state index contributed by atoms with van der Waals surface area (Å²) in [6, 6.07) is 9.25. The Morgan fingerprint density at radius 1 is 1.08 bits per heavy atom. The van der Waals surface area contributed by atoms with E-state index in [4.69, 9.17) is 4.74 Å².